The third-order valence-electron chi connectivity index (χ3n) is 3.41. The molecule has 0 aromatic carbocycles. The van der Waals surface area contributed by atoms with Crippen LogP contribution >= 0.6 is 46.1 Å². The van der Waals surface area contributed by atoms with E-state index in [9.17, 15) is 4.79 Å². The Balaban J connectivity index is 2.28. The van der Waals surface area contributed by atoms with E-state index in [0.29, 0.717) is 21.7 Å². The van der Waals surface area contributed by atoms with Crippen molar-refractivity contribution in [3.05, 3.63) is 25.4 Å². The molecule has 1 aromatic heterocycles. The number of rotatable bonds is 3. The number of thioether (sulfide) groups is 2. The summed E-state index contributed by atoms with van der Waals surface area (Å²) in [6, 6.07) is 0. The summed E-state index contributed by atoms with van der Waals surface area (Å²) in [5.41, 5.74) is 0.972. The van der Waals surface area contributed by atoms with Crippen molar-refractivity contribution in [1.82, 2.24) is 9.97 Å². The van der Waals surface area contributed by atoms with E-state index in [1.807, 2.05) is 23.5 Å². The van der Waals surface area contributed by atoms with Crippen LogP contribution in [0.5, 0.6) is 0 Å². The summed E-state index contributed by atoms with van der Waals surface area (Å²) in [4.78, 5) is 19.9. The summed E-state index contributed by atoms with van der Waals surface area (Å²) in [6.45, 7) is 8.85. The molecule has 0 amide bonds. The van der Waals surface area contributed by atoms with Gasteiger partial charge in [-0.05, 0) is 34.9 Å². The van der Waals surface area contributed by atoms with E-state index in [4.69, 9.17) is 4.98 Å². The molecule has 3 atom stereocenters. The Kier molecular flexibility index (Phi) is 5.88. The maximum atomic E-state index is 12.1. The van der Waals surface area contributed by atoms with Crippen LogP contribution in [-0.2, 0) is 6.42 Å². The van der Waals surface area contributed by atoms with Gasteiger partial charge < -0.3 is 4.98 Å². The lowest BCUT2D eigenvalue weighted by atomic mass is 10.1. The predicted molar refractivity (Wildman–Crippen MR) is 97.8 cm³/mol. The number of hydrogen-bond acceptors (Lipinski definition) is 4. The van der Waals surface area contributed by atoms with Gasteiger partial charge in [0, 0.05) is 16.3 Å². The summed E-state index contributed by atoms with van der Waals surface area (Å²) in [7, 11) is 0. The SMILES string of the molecule is CC(C)Cc1nc(C2CSC(C)C(C)S2)[nH]c(=O)c1I. The van der Waals surface area contributed by atoms with Crippen molar-refractivity contribution in [3.8, 4) is 0 Å². The lowest BCUT2D eigenvalue weighted by Gasteiger charge is -2.30. The van der Waals surface area contributed by atoms with Crippen molar-refractivity contribution in [2.45, 2.75) is 49.9 Å². The maximum Gasteiger partial charge on any atom is 0.264 e. The second-order valence-corrected chi connectivity index (χ2v) is 9.75. The van der Waals surface area contributed by atoms with Crippen molar-refractivity contribution in [3.63, 3.8) is 0 Å². The monoisotopic (exact) mass is 424 g/mol. The number of nitrogens with zero attached hydrogens (tertiary/aromatic N) is 1. The average molecular weight is 424 g/mol. The number of nitrogens with one attached hydrogen (secondary N) is 1. The lowest BCUT2D eigenvalue weighted by Crippen LogP contribution is -2.26. The van der Waals surface area contributed by atoms with Crippen molar-refractivity contribution in [2.75, 3.05) is 5.75 Å². The highest BCUT2D eigenvalue weighted by Crippen LogP contribution is 2.43. The Bertz CT molecular complexity index is 532. The van der Waals surface area contributed by atoms with Crippen LogP contribution in [0.1, 0.15) is 44.5 Å². The lowest BCUT2D eigenvalue weighted by molar-refractivity contribution is 0.625. The van der Waals surface area contributed by atoms with Gasteiger partial charge >= 0.3 is 0 Å². The number of halogens is 1. The van der Waals surface area contributed by atoms with Crippen LogP contribution in [0.4, 0.5) is 0 Å². The highest BCUT2D eigenvalue weighted by atomic mass is 127. The Morgan fingerprint density at radius 2 is 2.10 bits per heavy atom. The first-order valence-electron chi connectivity index (χ1n) is 6.94. The van der Waals surface area contributed by atoms with E-state index in [1.165, 1.54) is 0 Å². The van der Waals surface area contributed by atoms with Gasteiger partial charge in [0.2, 0.25) is 0 Å². The van der Waals surface area contributed by atoms with Crippen LogP contribution < -0.4 is 5.56 Å². The molecule has 1 aliphatic heterocycles. The first-order valence-corrected chi connectivity index (χ1v) is 10.0. The van der Waals surface area contributed by atoms with Gasteiger partial charge in [0.15, 0.2) is 0 Å². The Morgan fingerprint density at radius 3 is 2.70 bits per heavy atom. The molecule has 3 unspecified atom stereocenters. The topological polar surface area (TPSA) is 45.8 Å². The first kappa shape index (κ1) is 16.7. The highest BCUT2D eigenvalue weighted by Gasteiger charge is 2.28. The second kappa shape index (κ2) is 7.05. The van der Waals surface area contributed by atoms with Gasteiger partial charge in [-0.3, -0.25) is 4.79 Å². The molecule has 1 saturated heterocycles. The molecule has 3 nitrogen and oxygen atoms in total. The summed E-state index contributed by atoms with van der Waals surface area (Å²) in [6.07, 6.45) is 0.867. The molecule has 1 aliphatic rings. The zero-order valence-corrected chi connectivity index (χ0v) is 16.1. The third kappa shape index (κ3) is 3.94. The van der Waals surface area contributed by atoms with E-state index in [2.05, 4.69) is 55.3 Å². The Hall–Kier alpha value is 0.310. The zero-order valence-electron chi connectivity index (χ0n) is 12.3. The molecule has 2 rings (SSSR count). The molecular formula is C14H21IN2OS2. The molecule has 0 bridgehead atoms. The van der Waals surface area contributed by atoms with Crippen molar-refractivity contribution in [2.24, 2.45) is 5.92 Å². The number of H-pyrrole nitrogens is 1. The van der Waals surface area contributed by atoms with Crippen LogP contribution in [0.15, 0.2) is 4.79 Å². The van der Waals surface area contributed by atoms with Gasteiger partial charge in [0.05, 0.1) is 14.5 Å². The molecule has 112 valence electrons. The Labute approximate surface area is 142 Å². The fourth-order valence-corrected chi connectivity index (χ4v) is 5.47. The van der Waals surface area contributed by atoms with Gasteiger partial charge in [-0.1, -0.05) is 27.7 Å². The van der Waals surface area contributed by atoms with Crippen LogP contribution in [0, 0.1) is 9.49 Å². The largest absolute Gasteiger partial charge is 0.309 e. The van der Waals surface area contributed by atoms with E-state index in [1.54, 1.807) is 0 Å². The van der Waals surface area contributed by atoms with Crippen LogP contribution in [-0.4, -0.2) is 26.2 Å². The summed E-state index contributed by atoms with van der Waals surface area (Å²) in [5, 5.41) is 1.57. The van der Waals surface area contributed by atoms with Gasteiger partial charge in [-0.25, -0.2) is 4.98 Å². The highest BCUT2D eigenvalue weighted by molar-refractivity contribution is 14.1. The smallest absolute Gasteiger partial charge is 0.264 e. The van der Waals surface area contributed by atoms with Gasteiger partial charge in [0.1, 0.15) is 5.82 Å². The Morgan fingerprint density at radius 1 is 1.40 bits per heavy atom. The number of hydrogen-bond donors (Lipinski definition) is 1. The molecule has 0 saturated carbocycles. The molecule has 2 heterocycles. The molecule has 1 N–H and O–H groups in total. The van der Waals surface area contributed by atoms with Crippen LogP contribution in [0.2, 0.25) is 0 Å². The predicted octanol–water partition coefficient (Wildman–Crippen LogP) is 3.87. The number of aromatic nitrogens is 2. The molecule has 0 spiro atoms. The molecule has 0 radical (unpaired) electrons. The van der Waals surface area contributed by atoms with E-state index in [0.717, 1.165) is 27.3 Å². The molecule has 0 aliphatic carbocycles. The molecule has 1 fully saturated rings. The summed E-state index contributed by atoms with van der Waals surface area (Å²) in [5.74, 6) is 2.40. The average Bonchev–Trinajstić information content (AvgIpc) is 2.37. The molecule has 6 heteroatoms. The minimum absolute atomic E-state index is 0.0168. The molecule has 1 aromatic rings. The minimum atomic E-state index is 0.0168. The fraction of sp³-hybridized carbons (Fsp3) is 0.714. The number of aromatic amines is 1. The van der Waals surface area contributed by atoms with E-state index in [-0.39, 0.29) is 5.56 Å². The third-order valence-corrected chi connectivity index (χ3v) is 7.92. The summed E-state index contributed by atoms with van der Waals surface area (Å²) >= 11 is 6.02. The summed E-state index contributed by atoms with van der Waals surface area (Å²) < 4.78 is 0.745. The normalized spacial score (nSPS) is 27.0. The molecular weight excluding hydrogens is 403 g/mol. The van der Waals surface area contributed by atoms with Gasteiger partial charge in [-0.15, -0.1) is 11.8 Å². The second-order valence-electron chi connectivity index (χ2n) is 5.68. The van der Waals surface area contributed by atoms with Crippen LogP contribution in [0.25, 0.3) is 0 Å². The van der Waals surface area contributed by atoms with Crippen molar-refractivity contribution in [1.29, 1.82) is 0 Å². The maximum absolute atomic E-state index is 12.1. The first-order chi connectivity index (χ1) is 9.38. The van der Waals surface area contributed by atoms with Crippen molar-refractivity contribution >= 4 is 46.1 Å². The van der Waals surface area contributed by atoms with Gasteiger partial charge in [-0.2, -0.15) is 11.8 Å². The van der Waals surface area contributed by atoms with Crippen molar-refractivity contribution < 1.29 is 0 Å². The quantitative estimate of drug-likeness (QED) is 0.749. The standard InChI is InChI=1S/C14H21IN2OS2/c1-7(2)5-10-12(15)14(18)17-13(16-10)11-6-19-8(3)9(4)20-11/h7-9,11H,5-6H2,1-4H3,(H,16,17,18). The fourth-order valence-electron chi connectivity index (χ4n) is 2.13. The van der Waals surface area contributed by atoms with E-state index >= 15 is 0 Å². The van der Waals surface area contributed by atoms with Gasteiger partial charge in [0.25, 0.3) is 5.56 Å². The molecule has 20 heavy (non-hydrogen) atoms. The van der Waals surface area contributed by atoms with E-state index < -0.39 is 0 Å². The minimum Gasteiger partial charge on any atom is -0.309 e. The van der Waals surface area contributed by atoms with Crippen LogP contribution in [0.3, 0.4) is 0 Å². The zero-order chi connectivity index (χ0) is 14.9.